The molecule has 0 radical (unpaired) electrons. The highest BCUT2D eigenvalue weighted by Crippen LogP contribution is 2.21. The monoisotopic (exact) mass is 343 g/mol. The van der Waals surface area contributed by atoms with Crippen molar-refractivity contribution in [3.8, 4) is 0 Å². The molecule has 0 saturated carbocycles. The lowest BCUT2D eigenvalue weighted by Crippen LogP contribution is -2.31. The predicted molar refractivity (Wildman–Crippen MR) is 96.2 cm³/mol. The summed E-state index contributed by atoms with van der Waals surface area (Å²) in [4.78, 5) is 24.5. The maximum Gasteiger partial charge on any atom is 0.305 e. The van der Waals surface area contributed by atoms with Gasteiger partial charge in [0.15, 0.2) is 0 Å². The minimum absolute atomic E-state index is 0.141. The van der Waals surface area contributed by atoms with Gasteiger partial charge >= 0.3 is 5.97 Å². The number of nitrogens with one attached hydrogen (secondary N) is 1. The predicted octanol–water partition coefficient (Wildman–Crippen LogP) is 3.59. The normalized spacial score (nSPS) is 11.8. The Morgan fingerprint density at radius 3 is 2.25 bits per heavy atom. The van der Waals surface area contributed by atoms with Crippen molar-refractivity contribution in [2.45, 2.75) is 30.7 Å². The number of rotatable bonds is 7. The van der Waals surface area contributed by atoms with Gasteiger partial charge in [0, 0.05) is 4.90 Å². The molecule has 0 bridgehead atoms. The summed E-state index contributed by atoms with van der Waals surface area (Å²) >= 11 is 1.62. The van der Waals surface area contributed by atoms with Crippen LogP contribution in [-0.2, 0) is 16.0 Å². The molecule has 0 aliphatic rings. The van der Waals surface area contributed by atoms with E-state index in [9.17, 15) is 9.59 Å². The van der Waals surface area contributed by atoms with E-state index in [2.05, 4.69) is 5.32 Å². The third-order valence-electron chi connectivity index (χ3n) is 3.72. The highest BCUT2D eigenvalue weighted by molar-refractivity contribution is 7.98. The van der Waals surface area contributed by atoms with Crippen LogP contribution in [0.2, 0.25) is 0 Å². The zero-order valence-electron chi connectivity index (χ0n) is 13.8. The molecule has 2 aromatic rings. The molecule has 2 aromatic carbocycles. The number of hydrogen-bond donors (Lipinski definition) is 2. The number of carbonyl (C=O) groups is 2. The molecule has 2 rings (SSSR count). The Morgan fingerprint density at radius 2 is 1.71 bits per heavy atom. The van der Waals surface area contributed by atoms with Crippen LogP contribution in [0.25, 0.3) is 0 Å². The van der Waals surface area contributed by atoms with Gasteiger partial charge in [-0.1, -0.05) is 42.0 Å². The summed E-state index contributed by atoms with van der Waals surface area (Å²) in [7, 11) is 0. The number of aryl methyl sites for hydroxylation is 1. The van der Waals surface area contributed by atoms with Crippen molar-refractivity contribution in [1.29, 1.82) is 0 Å². The molecule has 126 valence electrons. The first-order valence-electron chi connectivity index (χ1n) is 7.68. The van der Waals surface area contributed by atoms with E-state index >= 15 is 0 Å². The second kappa shape index (κ2) is 8.55. The topological polar surface area (TPSA) is 66.4 Å². The second-order valence-corrected chi connectivity index (χ2v) is 6.53. The zero-order chi connectivity index (χ0) is 17.5. The third-order valence-corrected chi connectivity index (χ3v) is 4.46. The van der Waals surface area contributed by atoms with Gasteiger partial charge in [-0.2, -0.15) is 0 Å². The first-order valence-corrected chi connectivity index (χ1v) is 8.91. The number of carboxylic acids is 1. The first kappa shape index (κ1) is 18.1. The summed E-state index contributed by atoms with van der Waals surface area (Å²) < 4.78 is 0. The van der Waals surface area contributed by atoms with Crippen LogP contribution in [0.3, 0.4) is 0 Å². The van der Waals surface area contributed by atoms with Gasteiger partial charge in [-0.15, -0.1) is 11.8 Å². The van der Waals surface area contributed by atoms with Gasteiger partial charge in [-0.05, 0) is 36.4 Å². The Hall–Kier alpha value is -2.27. The first-order chi connectivity index (χ1) is 11.5. The molecule has 24 heavy (non-hydrogen) atoms. The van der Waals surface area contributed by atoms with Crippen LogP contribution < -0.4 is 5.32 Å². The molecule has 1 atom stereocenters. The Kier molecular flexibility index (Phi) is 6.44. The number of aliphatic carboxylic acids is 1. The molecule has 0 spiro atoms. The van der Waals surface area contributed by atoms with E-state index in [1.54, 1.807) is 11.8 Å². The quantitative estimate of drug-likeness (QED) is 0.754. The van der Waals surface area contributed by atoms with Crippen molar-refractivity contribution in [2.75, 3.05) is 6.26 Å². The molecule has 0 saturated heterocycles. The van der Waals surface area contributed by atoms with Crippen molar-refractivity contribution < 1.29 is 14.7 Å². The molecule has 0 heterocycles. The lowest BCUT2D eigenvalue weighted by atomic mass is 10.0. The lowest BCUT2D eigenvalue weighted by Gasteiger charge is -2.18. The zero-order valence-corrected chi connectivity index (χ0v) is 14.6. The summed E-state index contributed by atoms with van der Waals surface area (Å²) in [6.07, 6.45) is 2.07. The number of hydrogen-bond acceptors (Lipinski definition) is 3. The summed E-state index contributed by atoms with van der Waals surface area (Å²) in [6, 6.07) is 14.8. The summed E-state index contributed by atoms with van der Waals surface area (Å²) in [5.74, 6) is -1.12. The van der Waals surface area contributed by atoms with Crippen molar-refractivity contribution in [3.63, 3.8) is 0 Å². The third kappa shape index (κ3) is 5.42. The Morgan fingerprint density at radius 1 is 1.08 bits per heavy atom. The van der Waals surface area contributed by atoms with Crippen molar-refractivity contribution in [2.24, 2.45) is 0 Å². The van der Waals surface area contributed by atoms with Crippen molar-refractivity contribution in [3.05, 3.63) is 65.2 Å². The maximum atomic E-state index is 12.3. The molecule has 0 aliphatic heterocycles. The SMILES string of the molecule is CSc1ccc(C(CC(=O)O)NC(=O)Cc2ccc(C)cc2)cc1. The highest BCUT2D eigenvalue weighted by atomic mass is 32.2. The van der Waals surface area contributed by atoms with Gasteiger partial charge in [0.1, 0.15) is 0 Å². The van der Waals surface area contributed by atoms with Gasteiger partial charge in [0.05, 0.1) is 18.9 Å². The summed E-state index contributed by atoms with van der Waals surface area (Å²) in [6.45, 7) is 1.99. The van der Waals surface area contributed by atoms with Crippen LogP contribution in [-0.4, -0.2) is 23.2 Å². The molecule has 0 aromatic heterocycles. The highest BCUT2D eigenvalue weighted by Gasteiger charge is 2.18. The fourth-order valence-electron chi connectivity index (χ4n) is 2.40. The molecule has 2 N–H and O–H groups in total. The standard InChI is InChI=1S/C19H21NO3S/c1-13-3-5-14(6-4-13)11-18(21)20-17(12-19(22)23)15-7-9-16(24-2)10-8-15/h3-10,17H,11-12H2,1-2H3,(H,20,21)(H,22,23). The molecular weight excluding hydrogens is 322 g/mol. The number of thioether (sulfide) groups is 1. The van der Waals surface area contributed by atoms with Crippen LogP contribution in [0.5, 0.6) is 0 Å². The number of amides is 1. The molecule has 1 amide bonds. The van der Waals surface area contributed by atoms with Gasteiger partial charge in [-0.3, -0.25) is 9.59 Å². The van der Waals surface area contributed by atoms with Crippen LogP contribution in [0, 0.1) is 6.92 Å². The molecule has 4 nitrogen and oxygen atoms in total. The summed E-state index contributed by atoms with van der Waals surface area (Å²) in [5.41, 5.74) is 2.84. The van der Waals surface area contributed by atoms with Gasteiger partial charge in [-0.25, -0.2) is 0 Å². The Labute approximate surface area is 146 Å². The van der Waals surface area contributed by atoms with E-state index in [0.29, 0.717) is 0 Å². The number of benzene rings is 2. The fourth-order valence-corrected chi connectivity index (χ4v) is 2.81. The second-order valence-electron chi connectivity index (χ2n) is 5.65. The van der Waals surface area contributed by atoms with Crippen LogP contribution in [0.1, 0.15) is 29.2 Å². The molecule has 5 heteroatoms. The maximum absolute atomic E-state index is 12.3. The molecule has 0 aliphatic carbocycles. The summed E-state index contributed by atoms with van der Waals surface area (Å²) in [5, 5.41) is 12.0. The van der Waals surface area contributed by atoms with Crippen molar-refractivity contribution in [1.82, 2.24) is 5.32 Å². The van der Waals surface area contributed by atoms with E-state index in [4.69, 9.17) is 5.11 Å². The van der Waals surface area contributed by atoms with Gasteiger partial charge < -0.3 is 10.4 Å². The lowest BCUT2D eigenvalue weighted by molar-refractivity contribution is -0.137. The van der Waals surface area contributed by atoms with E-state index in [1.165, 1.54) is 0 Å². The van der Waals surface area contributed by atoms with E-state index in [-0.39, 0.29) is 18.7 Å². The average Bonchev–Trinajstić information content (AvgIpc) is 2.56. The number of carboxylic acid groups (broad SMARTS) is 1. The van der Waals surface area contributed by atoms with Crippen LogP contribution >= 0.6 is 11.8 Å². The minimum atomic E-state index is -0.940. The smallest absolute Gasteiger partial charge is 0.305 e. The largest absolute Gasteiger partial charge is 0.481 e. The van der Waals surface area contributed by atoms with E-state index in [0.717, 1.165) is 21.6 Å². The van der Waals surface area contributed by atoms with Crippen molar-refractivity contribution >= 4 is 23.6 Å². The van der Waals surface area contributed by atoms with Crippen LogP contribution in [0.4, 0.5) is 0 Å². The Balaban J connectivity index is 2.08. The molecular formula is C19H21NO3S. The molecule has 0 fully saturated rings. The minimum Gasteiger partial charge on any atom is -0.481 e. The fraction of sp³-hybridized carbons (Fsp3) is 0.263. The molecule has 1 unspecified atom stereocenters. The van der Waals surface area contributed by atoms with E-state index in [1.807, 2.05) is 61.7 Å². The average molecular weight is 343 g/mol. The Bertz CT molecular complexity index is 696. The van der Waals surface area contributed by atoms with Gasteiger partial charge in [0.2, 0.25) is 5.91 Å². The van der Waals surface area contributed by atoms with Crippen LogP contribution in [0.15, 0.2) is 53.4 Å². The van der Waals surface area contributed by atoms with E-state index < -0.39 is 12.0 Å². The van der Waals surface area contributed by atoms with Gasteiger partial charge in [0.25, 0.3) is 0 Å². The number of carbonyl (C=O) groups excluding carboxylic acids is 1.